The molecule has 0 aliphatic carbocycles. The summed E-state index contributed by atoms with van der Waals surface area (Å²) >= 11 is 0. The molecule has 106 valence electrons. The summed E-state index contributed by atoms with van der Waals surface area (Å²) in [5.41, 5.74) is 1.71. The van der Waals surface area contributed by atoms with Gasteiger partial charge in [-0.05, 0) is 6.92 Å². The van der Waals surface area contributed by atoms with Crippen LogP contribution in [0.4, 0.5) is 14.6 Å². The van der Waals surface area contributed by atoms with E-state index in [0.29, 0.717) is 10.8 Å². The Bertz CT molecular complexity index is 548. The summed E-state index contributed by atoms with van der Waals surface area (Å²) in [6, 6.07) is 0. The van der Waals surface area contributed by atoms with Crippen molar-refractivity contribution < 1.29 is 23.7 Å². The average molecular weight is 277 g/mol. The van der Waals surface area contributed by atoms with E-state index in [1.54, 1.807) is 0 Å². The number of alkyl halides is 1. The van der Waals surface area contributed by atoms with Gasteiger partial charge in [0.15, 0.2) is 23.5 Å². The van der Waals surface area contributed by atoms with E-state index in [2.05, 4.69) is 4.98 Å². The number of hydrogen-bond acceptors (Lipinski definition) is 6. The van der Waals surface area contributed by atoms with Crippen LogP contribution >= 0.6 is 0 Å². The van der Waals surface area contributed by atoms with Crippen molar-refractivity contribution in [3.05, 3.63) is 22.5 Å². The largest absolute Gasteiger partial charge is 0.394 e. The molecule has 1 aromatic heterocycles. The van der Waals surface area contributed by atoms with Crippen LogP contribution in [0.15, 0.2) is 11.0 Å². The van der Waals surface area contributed by atoms with Crippen LogP contribution in [-0.4, -0.2) is 44.2 Å². The maximum absolute atomic E-state index is 14.4. The van der Waals surface area contributed by atoms with E-state index in [4.69, 9.17) is 15.6 Å². The number of rotatable bonds is 2. The number of nitrogen functional groups attached to an aromatic ring is 1. The van der Waals surface area contributed by atoms with Crippen molar-refractivity contribution in [2.75, 3.05) is 12.3 Å². The summed E-state index contributed by atoms with van der Waals surface area (Å²) in [5.74, 6) is -1.62. The van der Waals surface area contributed by atoms with Crippen LogP contribution in [0.5, 0.6) is 0 Å². The molecule has 1 saturated heterocycles. The van der Waals surface area contributed by atoms with Crippen molar-refractivity contribution in [1.82, 2.24) is 9.55 Å². The second kappa shape index (κ2) is 4.51. The monoisotopic (exact) mass is 277 g/mol. The molecule has 0 spiro atoms. The molecule has 0 bridgehead atoms. The standard InChI is InChI=1S/C10H13F2N3O4/c1-10(12)6(17)5(3-16)19-8(10)15-2-4(11)7(13)14-9(15)18/h2,5-6,8,16-17H,3H2,1H3,(H2,13,14,18)/t5-,6-,8-,10-/m1/s1. The Morgan fingerprint density at radius 3 is 2.84 bits per heavy atom. The van der Waals surface area contributed by atoms with Crippen molar-refractivity contribution in [1.29, 1.82) is 0 Å². The van der Waals surface area contributed by atoms with Gasteiger partial charge in [0.05, 0.1) is 12.8 Å². The molecule has 0 amide bonds. The maximum Gasteiger partial charge on any atom is 0.351 e. The van der Waals surface area contributed by atoms with Crippen LogP contribution in [0.25, 0.3) is 0 Å². The van der Waals surface area contributed by atoms with Gasteiger partial charge in [0, 0.05) is 0 Å². The molecule has 0 radical (unpaired) electrons. The first-order valence-electron chi connectivity index (χ1n) is 5.46. The van der Waals surface area contributed by atoms with Crippen molar-refractivity contribution in [3.8, 4) is 0 Å². The highest BCUT2D eigenvalue weighted by Crippen LogP contribution is 2.40. The Labute approximate surface area is 106 Å². The van der Waals surface area contributed by atoms with Crippen LogP contribution in [0.1, 0.15) is 13.2 Å². The molecule has 0 aromatic carbocycles. The van der Waals surface area contributed by atoms with Gasteiger partial charge in [0.1, 0.15) is 12.2 Å². The number of halogens is 2. The van der Waals surface area contributed by atoms with Gasteiger partial charge in [-0.1, -0.05) is 0 Å². The van der Waals surface area contributed by atoms with E-state index >= 15 is 0 Å². The van der Waals surface area contributed by atoms with Crippen LogP contribution in [0.3, 0.4) is 0 Å². The zero-order valence-electron chi connectivity index (χ0n) is 9.96. The summed E-state index contributed by atoms with van der Waals surface area (Å²) in [7, 11) is 0. The van der Waals surface area contributed by atoms with E-state index in [-0.39, 0.29) is 0 Å². The van der Waals surface area contributed by atoms with Gasteiger partial charge in [-0.15, -0.1) is 0 Å². The highest BCUT2D eigenvalue weighted by atomic mass is 19.1. The van der Waals surface area contributed by atoms with Gasteiger partial charge in [-0.3, -0.25) is 4.57 Å². The number of nitrogens with zero attached hydrogens (tertiary/aromatic N) is 2. The number of aliphatic hydroxyl groups is 2. The number of ether oxygens (including phenoxy) is 1. The van der Waals surface area contributed by atoms with E-state index in [1.807, 2.05) is 0 Å². The van der Waals surface area contributed by atoms with Gasteiger partial charge >= 0.3 is 5.69 Å². The van der Waals surface area contributed by atoms with Crippen molar-refractivity contribution in [2.45, 2.75) is 31.0 Å². The van der Waals surface area contributed by atoms with E-state index < -0.39 is 48.0 Å². The van der Waals surface area contributed by atoms with Crippen LogP contribution in [-0.2, 0) is 4.74 Å². The molecule has 0 unspecified atom stereocenters. The Balaban J connectivity index is 2.48. The highest BCUT2D eigenvalue weighted by Gasteiger charge is 2.55. The Morgan fingerprint density at radius 1 is 1.68 bits per heavy atom. The Morgan fingerprint density at radius 2 is 2.32 bits per heavy atom. The highest BCUT2D eigenvalue weighted by molar-refractivity contribution is 5.26. The van der Waals surface area contributed by atoms with Gasteiger partial charge in [0.25, 0.3) is 0 Å². The minimum atomic E-state index is -2.39. The van der Waals surface area contributed by atoms with Crippen molar-refractivity contribution in [3.63, 3.8) is 0 Å². The molecule has 1 aromatic rings. The summed E-state index contributed by atoms with van der Waals surface area (Å²) in [6.07, 6.45) is -3.82. The fourth-order valence-electron chi connectivity index (χ4n) is 1.99. The third-order valence-electron chi connectivity index (χ3n) is 3.08. The fourth-order valence-corrected chi connectivity index (χ4v) is 1.99. The molecule has 1 aliphatic rings. The van der Waals surface area contributed by atoms with Crippen molar-refractivity contribution in [2.24, 2.45) is 0 Å². The third-order valence-corrected chi connectivity index (χ3v) is 3.08. The zero-order valence-corrected chi connectivity index (χ0v) is 9.96. The third kappa shape index (κ3) is 2.09. The molecule has 4 atom stereocenters. The topological polar surface area (TPSA) is 111 Å². The second-order valence-electron chi connectivity index (χ2n) is 4.47. The number of anilines is 1. The minimum Gasteiger partial charge on any atom is -0.394 e. The molecule has 2 rings (SSSR count). The fraction of sp³-hybridized carbons (Fsp3) is 0.600. The molecular weight excluding hydrogens is 264 g/mol. The molecule has 19 heavy (non-hydrogen) atoms. The van der Waals surface area contributed by atoms with E-state index in [0.717, 1.165) is 6.92 Å². The predicted molar refractivity (Wildman–Crippen MR) is 59.4 cm³/mol. The maximum atomic E-state index is 14.4. The Hall–Kier alpha value is -1.58. The molecule has 0 saturated carbocycles. The average Bonchev–Trinajstić information content (AvgIpc) is 2.56. The van der Waals surface area contributed by atoms with Gasteiger partial charge in [-0.25, -0.2) is 13.6 Å². The lowest BCUT2D eigenvalue weighted by atomic mass is 9.98. The molecule has 1 fully saturated rings. The normalized spacial score (nSPS) is 34.7. The summed E-state index contributed by atoms with van der Waals surface area (Å²) < 4.78 is 33.3. The summed E-state index contributed by atoms with van der Waals surface area (Å²) in [6.45, 7) is 0.343. The number of aliphatic hydroxyl groups excluding tert-OH is 2. The van der Waals surface area contributed by atoms with Gasteiger partial charge in [0.2, 0.25) is 0 Å². The van der Waals surface area contributed by atoms with Crippen LogP contribution in [0.2, 0.25) is 0 Å². The quantitative estimate of drug-likeness (QED) is 0.635. The molecule has 1 aliphatic heterocycles. The lowest BCUT2D eigenvalue weighted by molar-refractivity contribution is -0.0614. The molecule has 2 heterocycles. The summed E-state index contributed by atoms with van der Waals surface area (Å²) in [5, 5.41) is 18.6. The predicted octanol–water partition coefficient (Wildman–Crippen LogP) is -1.06. The lowest BCUT2D eigenvalue weighted by Crippen LogP contribution is -2.43. The Kier molecular flexibility index (Phi) is 3.29. The second-order valence-corrected chi connectivity index (χ2v) is 4.47. The van der Waals surface area contributed by atoms with Gasteiger partial charge < -0.3 is 20.7 Å². The van der Waals surface area contributed by atoms with Crippen LogP contribution < -0.4 is 11.4 Å². The zero-order chi connectivity index (χ0) is 14.4. The first-order chi connectivity index (χ1) is 8.78. The van der Waals surface area contributed by atoms with Crippen LogP contribution in [0, 0.1) is 5.82 Å². The van der Waals surface area contributed by atoms with E-state index in [9.17, 15) is 18.7 Å². The number of nitrogens with two attached hydrogens (primary N) is 1. The molecule has 9 heteroatoms. The van der Waals surface area contributed by atoms with Crippen molar-refractivity contribution >= 4 is 5.82 Å². The first-order valence-corrected chi connectivity index (χ1v) is 5.46. The lowest BCUT2D eigenvalue weighted by Gasteiger charge is -2.24. The molecular formula is C10H13F2N3O4. The number of aromatic nitrogens is 2. The molecule has 4 N–H and O–H groups in total. The minimum absolute atomic E-state index is 0.560. The van der Waals surface area contributed by atoms with Gasteiger partial charge in [-0.2, -0.15) is 4.98 Å². The van der Waals surface area contributed by atoms with E-state index in [1.165, 1.54) is 0 Å². The number of hydrogen-bond donors (Lipinski definition) is 3. The SMILES string of the molecule is C[C@@]1(F)[C@H](O)[C@@H](CO)O[C@H]1n1cc(F)c(N)nc1=O. The molecule has 7 nitrogen and oxygen atoms in total. The smallest absolute Gasteiger partial charge is 0.351 e. The first kappa shape index (κ1) is 13.8. The summed E-state index contributed by atoms with van der Waals surface area (Å²) in [4.78, 5) is 14.8.